The zero-order valence-electron chi connectivity index (χ0n) is 11.1. The summed E-state index contributed by atoms with van der Waals surface area (Å²) >= 11 is 0. The fourth-order valence-electron chi connectivity index (χ4n) is 2.43. The summed E-state index contributed by atoms with van der Waals surface area (Å²) in [6, 6.07) is 5.50. The molecule has 0 saturated heterocycles. The lowest BCUT2D eigenvalue weighted by atomic mass is 9.98. The number of nitrogens with zero attached hydrogens (tertiary/aromatic N) is 1. The van der Waals surface area contributed by atoms with Crippen molar-refractivity contribution in [2.45, 2.75) is 39.5 Å². The van der Waals surface area contributed by atoms with Gasteiger partial charge in [-0.1, -0.05) is 32.4 Å². The van der Waals surface area contributed by atoms with Crippen molar-refractivity contribution in [1.82, 2.24) is 0 Å². The maximum absolute atomic E-state index is 12.3. The van der Waals surface area contributed by atoms with Crippen LogP contribution in [0.5, 0.6) is 5.75 Å². The van der Waals surface area contributed by atoms with Crippen LogP contribution in [0.15, 0.2) is 18.2 Å². The van der Waals surface area contributed by atoms with E-state index in [1.165, 1.54) is 0 Å². The van der Waals surface area contributed by atoms with Crippen molar-refractivity contribution >= 4 is 11.6 Å². The Balaban J connectivity index is 2.24. The number of rotatable bonds is 3. The predicted molar refractivity (Wildman–Crippen MR) is 72.9 cm³/mol. The van der Waals surface area contributed by atoms with Gasteiger partial charge >= 0.3 is 0 Å². The second-order valence-electron chi connectivity index (χ2n) is 5.15. The molecule has 1 heterocycles. The van der Waals surface area contributed by atoms with Crippen LogP contribution in [-0.4, -0.2) is 17.6 Å². The summed E-state index contributed by atoms with van der Waals surface area (Å²) in [7, 11) is 0. The Morgan fingerprint density at radius 3 is 3.00 bits per heavy atom. The quantitative estimate of drug-likeness (QED) is 0.891. The molecule has 1 unspecified atom stereocenters. The molecule has 0 bridgehead atoms. The lowest BCUT2D eigenvalue weighted by Crippen LogP contribution is -2.36. The Hall–Kier alpha value is -1.51. The average molecular weight is 247 g/mol. The molecule has 0 fully saturated rings. The monoisotopic (exact) mass is 247 g/mol. The summed E-state index contributed by atoms with van der Waals surface area (Å²) in [4.78, 5) is 14.1. The maximum atomic E-state index is 12.3. The van der Waals surface area contributed by atoms with E-state index in [1.807, 2.05) is 12.1 Å². The van der Waals surface area contributed by atoms with Crippen molar-refractivity contribution in [2.24, 2.45) is 5.92 Å². The fraction of sp³-hybridized carbons (Fsp3) is 0.533. The number of hydrogen-bond acceptors (Lipinski definition) is 2. The van der Waals surface area contributed by atoms with Crippen molar-refractivity contribution in [3.8, 4) is 5.75 Å². The minimum Gasteiger partial charge on any atom is -0.506 e. The molecular weight excluding hydrogens is 226 g/mol. The number of fused-ring (bicyclic) bond motifs is 1. The molecular formula is C15H21NO2. The number of carbonyl (C=O) groups is 1. The molecule has 1 aliphatic rings. The number of para-hydroxylation sites is 1. The largest absolute Gasteiger partial charge is 0.506 e. The summed E-state index contributed by atoms with van der Waals surface area (Å²) in [5.74, 6) is 0.755. The lowest BCUT2D eigenvalue weighted by Gasteiger charge is -2.30. The highest BCUT2D eigenvalue weighted by atomic mass is 16.3. The van der Waals surface area contributed by atoms with Gasteiger partial charge in [0.05, 0.1) is 5.69 Å². The van der Waals surface area contributed by atoms with Crippen molar-refractivity contribution in [3.63, 3.8) is 0 Å². The second-order valence-corrected chi connectivity index (χ2v) is 5.15. The Labute approximate surface area is 108 Å². The molecule has 2 rings (SSSR count). The molecule has 1 aromatic rings. The van der Waals surface area contributed by atoms with Crippen LogP contribution >= 0.6 is 0 Å². The van der Waals surface area contributed by atoms with Crippen LogP contribution in [0.25, 0.3) is 0 Å². The van der Waals surface area contributed by atoms with Crippen molar-refractivity contribution in [1.29, 1.82) is 0 Å². The molecule has 18 heavy (non-hydrogen) atoms. The van der Waals surface area contributed by atoms with E-state index in [-0.39, 0.29) is 11.7 Å². The van der Waals surface area contributed by atoms with Crippen LogP contribution in [0.4, 0.5) is 5.69 Å². The summed E-state index contributed by atoms with van der Waals surface area (Å²) in [5, 5.41) is 9.97. The van der Waals surface area contributed by atoms with E-state index in [9.17, 15) is 9.90 Å². The van der Waals surface area contributed by atoms with Crippen LogP contribution in [0.2, 0.25) is 0 Å². The minimum atomic E-state index is 0.131. The SMILES string of the molecule is CCC(C)CC(=O)N1CCCc2cccc(O)c21. The summed E-state index contributed by atoms with van der Waals surface area (Å²) in [5.41, 5.74) is 1.82. The van der Waals surface area contributed by atoms with Gasteiger partial charge in [0.15, 0.2) is 0 Å². The number of benzene rings is 1. The smallest absolute Gasteiger partial charge is 0.227 e. The number of amides is 1. The van der Waals surface area contributed by atoms with Crippen molar-refractivity contribution < 1.29 is 9.90 Å². The van der Waals surface area contributed by atoms with E-state index >= 15 is 0 Å². The first-order valence-corrected chi connectivity index (χ1v) is 6.74. The number of phenolic OH excluding ortho intramolecular Hbond substituents is 1. The van der Waals surface area contributed by atoms with Gasteiger partial charge in [-0.15, -0.1) is 0 Å². The molecule has 0 radical (unpaired) electrons. The Morgan fingerprint density at radius 2 is 2.28 bits per heavy atom. The highest BCUT2D eigenvalue weighted by Gasteiger charge is 2.25. The number of anilines is 1. The molecule has 3 nitrogen and oxygen atoms in total. The van der Waals surface area contributed by atoms with Gasteiger partial charge in [0.2, 0.25) is 5.91 Å². The number of hydrogen-bond donors (Lipinski definition) is 1. The molecule has 1 aromatic carbocycles. The van der Waals surface area contributed by atoms with E-state index in [4.69, 9.17) is 0 Å². The first-order valence-electron chi connectivity index (χ1n) is 6.74. The van der Waals surface area contributed by atoms with E-state index in [1.54, 1.807) is 11.0 Å². The molecule has 1 aliphatic heterocycles. The minimum absolute atomic E-state index is 0.131. The van der Waals surface area contributed by atoms with Gasteiger partial charge in [-0.3, -0.25) is 4.79 Å². The molecule has 1 amide bonds. The number of aromatic hydroxyl groups is 1. The van der Waals surface area contributed by atoms with Gasteiger partial charge in [0, 0.05) is 13.0 Å². The van der Waals surface area contributed by atoms with Crippen LogP contribution in [-0.2, 0) is 11.2 Å². The molecule has 1 N–H and O–H groups in total. The van der Waals surface area contributed by atoms with E-state index in [0.29, 0.717) is 12.3 Å². The molecule has 98 valence electrons. The fourth-order valence-corrected chi connectivity index (χ4v) is 2.43. The standard InChI is InChI=1S/C15H21NO2/c1-3-11(2)10-14(18)16-9-5-7-12-6-4-8-13(17)15(12)16/h4,6,8,11,17H,3,5,7,9-10H2,1-2H3. The average Bonchev–Trinajstić information content (AvgIpc) is 2.38. The zero-order valence-corrected chi connectivity index (χ0v) is 11.1. The van der Waals surface area contributed by atoms with E-state index < -0.39 is 0 Å². The highest BCUT2D eigenvalue weighted by molar-refractivity contribution is 5.96. The van der Waals surface area contributed by atoms with Gasteiger partial charge in [-0.2, -0.15) is 0 Å². The Bertz CT molecular complexity index is 442. The first-order chi connectivity index (χ1) is 8.63. The van der Waals surface area contributed by atoms with Crippen molar-refractivity contribution in [2.75, 3.05) is 11.4 Å². The van der Waals surface area contributed by atoms with Gasteiger partial charge in [0.1, 0.15) is 5.75 Å². The van der Waals surface area contributed by atoms with Gasteiger partial charge in [-0.25, -0.2) is 0 Å². The van der Waals surface area contributed by atoms with Crippen LogP contribution < -0.4 is 4.90 Å². The Kier molecular flexibility index (Phi) is 3.90. The molecule has 3 heteroatoms. The molecule has 0 aliphatic carbocycles. The van der Waals surface area contributed by atoms with Crippen LogP contribution in [0, 0.1) is 5.92 Å². The third-order valence-electron chi connectivity index (χ3n) is 3.72. The summed E-state index contributed by atoms with van der Waals surface area (Å²) < 4.78 is 0. The van der Waals surface area contributed by atoms with E-state index in [2.05, 4.69) is 13.8 Å². The predicted octanol–water partition coefficient (Wildman–Crippen LogP) is 3.11. The highest BCUT2D eigenvalue weighted by Crippen LogP contribution is 2.36. The van der Waals surface area contributed by atoms with E-state index in [0.717, 1.165) is 37.1 Å². The lowest BCUT2D eigenvalue weighted by molar-refractivity contribution is -0.119. The van der Waals surface area contributed by atoms with Crippen LogP contribution in [0.3, 0.4) is 0 Å². The molecule has 0 saturated carbocycles. The van der Waals surface area contributed by atoms with Gasteiger partial charge < -0.3 is 10.0 Å². The number of carbonyl (C=O) groups excluding carboxylic acids is 1. The summed E-state index contributed by atoms with van der Waals surface area (Å²) in [6.45, 7) is 4.91. The van der Waals surface area contributed by atoms with Crippen LogP contribution in [0.1, 0.15) is 38.7 Å². The third kappa shape index (κ3) is 2.50. The van der Waals surface area contributed by atoms with Gasteiger partial charge in [0.25, 0.3) is 0 Å². The topological polar surface area (TPSA) is 40.5 Å². The second kappa shape index (κ2) is 5.42. The maximum Gasteiger partial charge on any atom is 0.227 e. The van der Waals surface area contributed by atoms with Gasteiger partial charge in [-0.05, 0) is 30.4 Å². The molecule has 0 aromatic heterocycles. The zero-order chi connectivity index (χ0) is 13.1. The summed E-state index contributed by atoms with van der Waals surface area (Å²) in [6.07, 6.45) is 3.48. The third-order valence-corrected chi connectivity index (χ3v) is 3.72. The first kappa shape index (κ1) is 12.9. The molecule has 1 atom stereocenters. The number of aryl methyl sites for hydroxylation is 1. The normalized spacial score (nSPS) is 16.2. The number of phenols is 1. The molecule has 0 spiro atoms. The Morgan fingerprint density at radius 1 is 1.50 bits per heavy atom. The van der Waals surface area contributed by atoms with Crippen molar-refractivity contribution in [3.05, 3.63) is 23.8 Å².